The summed E-state index contributed by atoms with van der Waals surface area (Å²) in [5.41, 5.74) is -0.0433. The maximum Gasteiger partial charge on any atom is 0.337 e. The highest BCUT2D eigenvalue weighted by atomic mass is 35.5. The van der Waals surface area contributed by atoms with Crippen LogP contribution in [0.1, 0.15) is 10.4 Å². The first-order valence-corrected chi connectivity index (χ1v) is 5.21. The van der Waals surface area contributed by atoms with Crippen LogP contribution in [-0.2, 0) is 4.74 Å². The lowest BCUT2D eigenvalue weighted by Crippen LogP contribution is -2.29. The molecule has 1 heterocycles. The number of aromatic carboxylic acids is 1. The molecule has 1 aromatic rings. The average molecular weight is 261 g/mol. The number of aliphatic hydroxyl groups excluding tert-OH is 1. The highest BCUT2D eigenvalue weighted by Crippen LogP contribution is 2.18. The van der Waals surface area contributed by atoms with Crippen molar-refractivity contribution in [1.29, 1.82) is 0 Å². The van der Waals surface area contributed by atoms with Gasteiger partial charge in [-0.2, -0.15) is 0 Å². The third-order valence-corrected chi connectivity index (χ3v) is 2.33. The monoisotopic (exact) mass is 260 g/mol. The fraction of sp³-hybridized carbons (Fsp3) is 0.400. The molecule has 0 amide bonds. The van der Waals surface area contributed by atoms with Crippen molar-refractivity contribution in [2.75, 3.05) is 25.6 Å². The van der Waals surface area contributed by atoms with Crippen molar-refractivity contribution < 1.29 is 19.7 Å². The summed E-state index contributed by atoms with van der Waals surface area (Å²) in [5.74, 6) is -0.810. The minimum Gasteiger partial charge on any atom is -0.478 e. The zero-order valence-corrected chi connectivity index (χ0v) is 9.94. The number of anilines is 1. The summed E-state index contributed by atoms with van der Waals surface area (Å²) in [5, 5.41) is 20.8. The van der Waals surface area contributed by atoms with E-state index in [1.807, 2.05) is 0 Å². The molecule has 0 bridgehead atoms. The molecule has 0 fully saturated rings. The summed E-state index contributed by atoms with van der Waals surface area (Å²) < 4.78 is 4.88. The van der Waals surface area contributed by atoms with Crippen molar-refractivity contribution in [2.24, 2.45) is 0 Å². The van der Waals surface area contributed by atoms with Crippen molar-refractivity contribution >= 4 is 23.4 Å². The van der Waals surface area contributed by atoms with Gasteiger partial charge >= 0.3 is 5.97 Å². The Kier molecular flexibility index (Phi) is 5.14. The van der Waals surface area contributed by atoms with E-state index in [0.717, 1.165) is 0 Å². The van der Waals surface area contributed by atoms with E-state index in [0.29, 0.717) is 5.82 Å². The molecule has 0 aliphatic heterocycles. The number of ether oxygens (including phenoxy) is 1. The molecule has 1 unspecified atom stereocenters. The smallest absolute Gasteiger partial charge is 0.337 e. The van der Waals surface area contributed by atoms with Crippen LogP contribution in [0, 0.1) is 0 Å². The number of carbonyl (C=O) groups is 1. The third-order valence-electron chi connectivity index (χ3n) is 2.03. The van der Waals surface area contributed by atoms with Crippen molar-refractivity contribution in [3.05, 3.63) is 22.8 Å². The Bertz CT molecular complexity index is 400. The number of methoxy groups -OCH3 is 1. The number of pyridine rings is 1. The zero-order chi connectivity index (χ0) is 12.8. The Morgan fingerprint density at radius 3 is 2.94 bits per heavy atom. The molecule has 7 heteroatoms. The minimum absolute atomic E-state index is 0.0433. The number of hydrogen-bond acceptors (Lipinski definition) is 5. The van der Waals surface area contributed by atoms with Crippen LogP contribution >= 0.6 is 11.6 Å². The number of carboxylic acid groups (broad SMARTS) is 1. The van der Waals surface area contributed by atoms with Crippen molar-refractivity contribution in [2.45, 2.75) is 6.04 Å². The Labute approximate surface area is 103 Å². The maximum absolute atomic E-state index is 10.8. The molecule has 0 saturated carbocycles. The first kappa shape index (κ1) is 13.7. The van der Waals surface area contributed by atoms with Crippen LogP contribution in [0.3, 0.4) is 0 Å². The average Bonchev–Trinajstić information content (AvgIpc) is 2.30. The molecule has 0 aliphatic rings. The van der Waals surface area contributed by atoms with E-state index in [-0.39, 0.29) is 29.8 Å². The maximum atomic E-state index is 10.8. The SMILES string of the molecule is COCC(CO)Nc1cc(C(=O)O)c(Cl)cn1. The summed E-state index contributed by atoms with van der Waals surface area (Å²) in [6.45, 7) is 0.129. The van der Waals surface area contributed by atoms with E-state index < -0.39 is 5.97 Å². The van der Waals surface area contributed by atoms with Gasteiger partial charge in [0.2, 0.25) is 0 Å². The number of aromatic nitrogens is 1. The molecule has 1 rings (SSSR count). The summed E-state index contributed by atoms with van der Waals surface area (Å²) >= 11 is 5.68. The van der Waals surface area contributed by atoms with Gasteiger partial charge < -0.3 is 20.3 Å². The molecule has 0 aliphatic carbocycles. The summed E-state index contributed by atoms with van der Waals surface area (Å²) in [6, 6.07) is 0.957. The molecule has 1 aromatic heterocycles. The number of nitrogens with one attached hydrogen (secondary N) is 1. The Hall–Kier alpha value is -1.37. The molecular formula is C10H13ClN2O4. The highest BCUT2D eigenvalue weighted by Gasteiger charge is 2.13. The molecule has 6 nitrogen and oxygen atoms in total. The largest absolute Gasteiger partial charge is 0.478 e. The molecule has 0 radical (unpaired) electrons. The first-order chi connectivity index (χ1) is 8.08. The molecule has 94 valence electrons. The van der Waals surface area contributed by atoms with E-state index >= 15 is 0 Å². The molecule has 0 spiro atoms. The zero-order valence-electron chi connectivity index (χ0n) is 9.18. The van der Waals surface area contributed by atoms with Gasteiger partial charge in [0.25, 0.3) is 0 Å². The van der Waals surface area contributed by atoms with Crippen LogP contribution in [0.4, 0.5) is 5.82 Å². The van der Waals surface area contributed by atoms with Gasteiger partial charge in [-0.15, -0.1) is 0 Å². The van der Waals surface area contributed by atoms with Crippen LogP contribution in [0.15, 0.2) is 12.3 Å². The lowest BCUT2D eigenvalue weighted by atomic mass is 10.2. The summed E-state index contributed by atoms with van der Waals surface area (Å²) in [4.78, 5) is 14.8. The van der Waals surface area contributed by atoms with Crippen LogP contribution in [-0.4, -0.2) is 47.5 Å². The molecule has 17 heavy (non-hydrogen) atoms. The van der Waals surface area contributed by atoms with Gasteiger partial charge in [0, 0.05) is 13.3 Å². The number of carboxylic acids is 1. The lowest BCUT2D eigenvalue weighted by molar-refractivity contribution is 0.0697. The van der Waals surface area contributed by atoms with E-state index in [1.165, 1.54) is 19.4 Å². The van der Waals surface area contributed by atoms with Crippen LogP contribution in [0.2, 0.25) is 5.02 Å². The highest BCUT2D eigenvalue weighted by molar-refractivity contribution is 6.33. The van der Waals surface area contributed by atoms with Crippen molar-refractivity contribution in [3.8, 4) is 0 Å². The second-order valence-electron chi connectivity index (χ2n) is 3.33. The van der Waals surface area contributed by atoms with E-state index in [1.54, 1.807) is 0 Å². The molecule has 0 saturated heterocycles. The molecule has 0 aromatic carbocycles. The number of rotatable bonds is 6. The predicted octanol–water partition coefficient (Wildman–Crippen LogP) is 0.852. The first-order valence-electron chi connectivity index (χ1n) is 4.83. The fourth-order valence-electron chi connectivity index (χ4n) is 1.23. The molecular weight excluding hydrogens is 248 g/mol. The molecule has 1 atom stereocenters. The number of nitrogens with zero attached hydrogens (tertiary/aromatic N) is 1. The minimum atomic E-state index is -1.13. The van der Waals surface area contributed by atoms with Gasteiger partial charge in [-0.05, 0) is 6.07 Å². The van der Waals surface area contributed by atoms with Gasteiger partial charge in [0.15, 0.2) is 0 Å². The van der Waals surface area contributed by atoms with Crippen molar-refractivity contribution in [1.82, 2.24) is 4.98 Å². The topological polar surface area (TPSA) is 91.7 Å². The Balaban J connectivity index is 2.84. The van der Waals surface area contributed by atoms with Gasteiger partial charge in [0.1, 0.15) is 5.82 Å². The van der Waals surface area contributed by atoms with Crippen LogP contribution in [0.5, 0.6) is 0 Å². The van der Waals surface area contributed by atoms with Crippen LogP contribution < -0.4 is 5.32 Å². The Morgan fingerprint density at radius 1 is 1.71 bits per heavy atom. The van der Waals surface area contributed by atoms with Gasteiger partial charge in [-0.25, -0.2) is 9.78 Å². The van der Waals surface area contributed by atoms with E-state index in [2.05, 4.69) is 10.3 Å². The molecule has 3 N–H and O–H groups in total. The van der Waals surface area contributed by atoms with Crippen LogP contribution in [0.25, 0.3) is 0 Å². The lowest BCUT2D eigenvalue weighted by Gasteiger charge is -2.16. The number of aliphatic hydroxyl groups is 1. The standard InChI is InChI=1S/C10H13ClN2O4/c1-17-5-6(4-14)13-9-2-7(10(15)16)8(11)3-12-9/h2-3,6,14H,4-5H2,1H3,(H,12,13)(H,15,16). The second kappa shape index (κ2) is 6.39. The predicted molar refractivity (Wildman–Crippen MR) is 62.6 cm³/mol. The summed E-state index contributed by atoms with van der Waals surface area (Å²) in [6.07, 6.45) is 1.24. The third kappa shape index (κ3) is 3.85. The number of hydrogen-bond donors (Lipinski definition) is 3. The van der Waals surface area contributed by atoms with Gasteiger partial charge in [-0.3, -0.25) is 0 Å². The quantitative estimate of drug-likeness (QED) is 0.702. The second-order valence-corrected chi connectivity index (χ2v) is 3.74. The van der Waals surface area contributed by atoms with Gasteiger partial charge in [0.05, 0.1) is 29.8 Å². The normalized spacial score (nSPS) is 12.2. The van der Waals surface area contributed by atoms with E-state index in [9.17, 15) is 4.79 Å². The number of halogens is 1. The summed E-state index contributed by atoms with van der Waals surface area (Å²) in [7, 11) is 1.50. The van der Waals surface area contributed by atoms with Gasteiger partial charge in [-0.1, -0.05) is 11.6 Å². The fourth-order valence-corrected chi connectivity index (χ4v) is 1.42. The van der Waals surface area contributed by atoms with E-state index in [4.69, 9.17) is 26.6 Å². The van der Waals surface area contributed by atoms with Crippen molar-refractivity contribution in [3.63, 3.8) is 0 Å². The Morgan fingerprint density at radius 2 is 2.41 bits per heavy atom.